The Balaban J connectivity index is 0.00000208. The van der Waals surface area contributed by atoms with Gasteiger partial charge in [0.25, 0.3) is 5.91 Å². The lowest BCUT2D eigenvalue weighted by Crippen LogP contribution is -2.46. The van der Waals surface area contributed by atoms with Crippen LogP contribution in [-0.2, 0) is 21.5 Å². The molecule has 1 spiro atoms. The number of urea groups is 1. The molecular weight excluding hydrogens is 332 g/mol. The summed E-state index contributed by atoms with van der Waals surface area (Å²) in [5, 5.41) is 5.45. The van der Waals surface area contributed by atoms with Crippen molar-refractivity contribution in [2.24, 2.45) is 5.73 Å². The predicted octanol–water partition coefficient (Wildman–Crippen LogP) is 0.265. The minimum absolute atomic E-state index is 0. The quantitative estimate of drug-likeness (QED) is 0.676. The zero-order valence-corrected chi connectivity index (χ0v) is 14.2. The molecule has 2 aliphatic rings. The van der Waals surface area contributed by atoms with Gasteiger partial charge in [0.05, 0.1) is 0 Å². The lowest BCUT2D eigenvalue weighted by Gasteiger charge is -2.22. The number of benzene rings is 1. The van der Waals surface area contributed by atoms with E-state index in [9.17, 15) is 14.4 Å². The summed E-state index contributed by atoms with van der Waals surface area (Å²) < 4.78 is 0. The molecule has 24 heavy (non-hydrogen) atoms. The first kappa shape index (κ1) is 18.2. The average molecular weight is 353 g/mol. The maximum absolute atomic E-state index is 12.8. The summed E-state index contributed by atoms with van der Waals surface area (Å²) in [6.07, 6.45) is 1.25. The van der Waals surface area contributed by atoms with E-state index in [2.05, 4.69) is 10.6 Å². The molecule has 1 aliphatic heterocycles. The zero-order valence-electron chi connectivity index (χ0n) is 13.4. The minimum atomic E-state index is -1.02. The molecule has 0 aromatic heterocycles. The van der Waals surface area contributed by atoms with E-state index in [1.807, 2.05) is 24.3 Å². The molecule has 1 heterocycles. The number of halogens is 1. The SMILES string of the molecule is C[C@@H](CN)NC(=O)CN1C(=O)NC2(CCc3ccccc32)C1=O.Cl. The summed E-state index contributed by atoms with van der Waals surface area (Å²) in [7, 11) is 0. The first-order valence-corrected chi connectivity index (χ1v) is 7.70. The summed E-state index contributed by atoms with van der Waals surface area (Å²) >= 11 is 0. The lowest BCUT2D eigenvalue weighted by molar-refractivity contribution is -0.135. The summed E-state index contributed by atoms with van der Waals surface area (Å²) in [6, 6.07) is 6.86. The van der Waals surface area contributed by atoms with Crippen LogP contribution in [0.1, 0.15) is 24.5 Å². The second-order valence-electron chi connectivity index (χ2n) is 6.09. The molecule has 0 saturated carbocycles. The highest BCUT2D eigenvalue weighted by molar-refractivity contribution is 6.09. The van der Waals surface area contributed by atoms with Gasteiger partial charge in [-0.3, -0.25) is 14.5 Å². The normalized spacial score (nSPS) is 22.8. The van der Waals surface area contributed by atoms with Crippen LogP contribution in [0.25, 0.3) is 0 Å². The number of nitrogens with two attached hydrogens (primary N) is 1. The number of hydrogen-bond acceptors (Lipinski definition) is 4. The highest BCUT2D eigenvalue weighted by Gasteiger charge is 2.55. The molecule has 7 nitrogen and oxygen atoms in total. The molecule has 130 valence electrons. The summed E-state index contributed by atoms with van der Waals surface area (Å²) in [6.45, 7) is 1.76. The van der Waals surface area contributed by atoms with E-state index in [4.69, 9.17) is 5.73 Å². The van der Waals surface area contributed by atoms with Crippen LogP contribution in [0.3, 0.4) is 0 Å². The minimum Gasteiger partial charge on any atom is -0.351 e. The van der Waals surface area contributed by atoms with Crippen molar-refractivity contribution in [1.82, 2.24) is 15.5 Å². The van der Waals surface area contributed by atoms with Gasteiger partial charge < -0.3 is 16.4 Å². The summed E-state index contributed by atoms with van der Waals surface area (Å²) in [5.74, 6) is -0.752. The standard InChI is InChI=1S/C16H20N4O3.ClH/c1-10(8-17)18-13(21)9-20-14(22)16(19-15(20)23)7-6-11-4-2-3-5-12(11)16;/h2-5,10H,6-9,17H2,1H3,(H,18,21)(H,19,23);1H/t10-,16?;/m0./s1. The molecule has 4 N–H and O–H groups in total. The van der Waals surface area contributed by atoms with Crippen molar-refractivity contribution in [2.45, 2.75) is 31.3 Å². The van der Waals surface area contributed by atoms with E-state index in [1.54, 1.807) is 6.92 Å². The van der Waals surface area contributed by atoms with Crippen molar-refractivity contribution in [3.8, 4) is 0 Å². The van der Waals surface area contributed by atoms with Gasteiger partial charge in [-0.15, -0.1) is 12.4 Å². The molecule has 1 aliphatic carbocycles. The molecule has 4 amide bonds. The van der Waals surface area contributed by atoms with E-state index in [1.165, 1.54) is 0 Å². The van der Waals surface area contributed by atoms with Gasteiger partial charge in [0.15, 0.2) is 0 Å². The summed E-state index contributed by atoms with van der Waals surface area (Å²) in [4.78, 5) is 38.0. The van der Waals surface area contributed by atoms with E-state index in [0.717, 1.165) is 22.4 Å². The van der Waals surface area contributed by atoms with Crippen LogP contribution in [-0.4, -0.2) is 41.9 Å². The fraction of sp³-hybridized carbons (Fsp3) is 0.438. The third kappa shape index (κ3) is 2.85. The van der Waals surface area contributed by atoms with Crippen LogP contribution < -0.4 is 16.4 Å². The van der Waals surface area contributed by atoms with E-state index in [-0.39, 0.29) is 30.9 Å². The molecule has 0 bridgehead atoms. The van der Waals surface area contributed by atoms with Gasteiger partial charge in [-0.05, 0) is 30.9 Å². The number of hydrogen-bond donors (Lipinski definition) is 3. The van der Waals surface area contributed by atoms with E-state index in [0.29, 0.717) is 13.0 Å². The third-order valence-corrected chi connectivity index (χ3v) is 4.48. The number of rotatable bonds is 4. The van der Waals surface area contributed by atoms with Gasteiger partial charge in [-0.2, -0.15) is 0 Å². The number of nitrogens with one attached hydrogen (secondary N) is 2. The van der Waals surface area contributed by atoms with Crippen molar-refractivity contribution >= 4 is 30.3 Å². The second kappa shape index (κ2) is 6.78. The number of amides is 4. The fourth-order valence-corrected chi connectivity index (χ4v) is 3.26. The smallest absolute Gasteiger partial charge is 0.325 e. The van der Waals surface area contributed by atoms with E-state index >= 15 is 0 Å². The fourth-order valence-electron chi connectivity index (χ4n) is 3.26. The van der Waals surface area contributed by atoms with Crippen molar-refractivity contribution in [1.29, 1.82) is 0 Å². The molecule has 3 rings (SSSR count). The van der Waals surface area contributed by atoms with Crippen LogP contribution in [0.5, 0.6) is 0 Å². The molecule has 0 radical (unpaired) electrons. The van der Waals surface area contributed by atoms with Gasteiger partial charge in [-0.25, -0.2) is 4.79 Å². The summed E-state index contributed by atoms with van der Waals surface area (Å²) in [5.41, 5.74) is 6.33. The van der Waals surface area contributed by atoms with Crippen LogP contribution in [0, 0.1) is 0 Å². The molecule has 1 saturated heterocycles. The number of carbonyl (C=O) groups excluding carboxylic acids is 3. The number of fused-ring (bicyclic) bond motifs is 2. The van der Waals surface area contributed by atoms with Gasteiger partial charge >= 0.3 is 6.03 Å². The topological polar surface area (TPSA) is 105 Å². The van der Waals surface area contributed by atoms with Crippen molar-refractivity contribution < 1.29 is 14.4 Å². The van der Waals surface area contributed by atoms with Gasteiger partial charge in [-0.1, -0.05) is 24.3 Å². The number of aryl methyl sites for hydroxylation is 1. The van der Waals surface area contributed by atoms with Crippen molar-refractivity contribution in [3.63, 3.8) is 0 Å². The Morgan fingerprint density at radius 2 is 2.12 bits per heavy atom. The largest absolute Gasteiger partial charge is 0.351 e. The average Bonchev–Trinajstić information content (AvgIpc) is 3.02. The Morgan fingerprint density at radius 3 is 2.83 bits per heavy atom. The number of nitrogens with zero attached hydrogens (tertiary/aromatic N) is 1. The number of carbonyl (C=O) groups is 3. The van der Waals surface area contributed by atoms with Crippen LogP contribution >= 0.6 is 12.4 Å². The molecule has 1 aromatic carbocycles. The van der Waals surface area contributed by atoms with Gasteiger partial charge in [0, 0.05) is 12.6 Å². The Morgan fingerprint density at radius 1 is 1.42 bits per heavy atom. The van der Waals surface area contributed by atoms with Crippen LogP contribution in [0.15, 0.2) is 24.3 Å². The predicted molar refractivity (Wildman–Crippen MR) is 90.6 cm³/mol. The highest BCUT2D eigenvalue weighted by atomic mass is 35.5. The van der Waals surface area contributed by atoms with Crippen LogP contribution in [0.2, 0.25) is 0 Å². The Labute approximate surface area is 146 Å². The Bertz CT molecular complexity index is 681. The monoisotopic (exact) mass is 352 g/mol. The molecule has 1 unspecified atom stereocenters. The maximum Gasteiger partial charge on any atom is 0.325 e. The third-order valence-electron chi connectivity index (χ3n) is 4.48. The van der Waals surface area contributed by atoms with Gasteiger partial charge in [0.2, 0.25) is 5.91 Å². The van der Waals surface area contributed by atoms with Gasteiger partial charge in [0.1, 0.15) is 12.1 Å². The first-order valence-electron chi connectivity index (χ1n) is 7.70. The van der Waals surface area contributed by atoms with Crippen molar-refractivity contribution in [2.75, 3.05) is 13.1 Å². The molecule has 8 heteroatoms. The first-order chi connectivity index (χ1) is 11.0. The van der Waals surface area contributed by atoms with Crippen molar-refractivity contribution in [3.05, 3.63) is 35.4 Å². The zero-order chi connectivity index (χ0) is 16.6. The highest BCUT2D eigenvalue weighted by Crippen LogP contribution is 2.41. The molecule has 1 aromatic rings. The molecular formula is C16H21ClN4O3. The van der Waals surface area contributed by atoms with Crippen LogP contribution in [0.4, 0.5) is 4.79 Å². The molecule has 2 atom stereocenters. The number of imide groups is 1. The lowest BCUT2D eigenvalue weighted by atomic mass is 9.92. The molecule has 1 fully saturated rings. The Hall–Kier alpha value is -2.12. The second-order valence-corrected chi connectivity index (χ2v) is 6.09. The Kier molecular flexibility index (Phi) is 5.15. The maximum atomic E-state index is 12.8. The van der Waals surface area contributed by atoms with E-state index < -0.39 is 17.5 Å².